The fourth-order valence-corrected chi connectivity index (χ4v) is 5.33. The van der Waals surface area contributed by atoms with E-state index in [1.54, 1.807) is 49.4 Å². The quantitative estimate of drug-likeness (QED) is 0.186. The maximum atomic E-state index is 13.7. The summed E-state index contributed by atoms with van der Waals surface area (Å²) in [7, 11) is 0. The number of amides is 1. The molecule has 2 heterocycles. The Bertz CT molecular complexity index is 1890. The zero-order chi connectivity index (χ0) is 31.9. The number of hydrogen-bond acceptors (Lipinski definition) is 8. The molecule has 10 heteroatoms. The number of nitrogens with zero attached hydrogens (tertiary/aromatic N) is 3. The molecule has 1 amide bonds. The van der Waals surface area contributed by atoms with Crippen LogP contribution in [0, 0.1) is 12.8 Å². The maximum absolute atomic E-state index is 13.7. The summed E-state index contributed by atoms with van der Waals surface area (Å²) in [6.45, 7) is 8.64. The Balaban J connectivity index is 1.50. The summed E-state index contributed by atoms with van der Waals surface area (Å²) in [6.07, 6.45) is 2.29. The van der Waals surface area contributed by atoms with Crippen LogP contribution in [0.15, 0.2) is 77.3 Å². The lowest BCUT2D eigenvalue weighted by Gasteiger charge is -2.28. The monoisotopic (exact) mass is 606 g/mol. The number of aromatic nitrogens is 3. The molecule has 230 valence electrons. The van der Waals surface area contributed by atoms with Gasteiger partial charge in [-0.3, -0.25) is 4.79 Å². The Morgan fingerprint density at radius 3 is 2.13 bits per heavy atom. The van der Waals surface area contributed by atoms with Crippen molar-refractivity contribution in [2.45, 2.75) is 51.4 Å². The number of ether oxygens (including phenoxy) is 2. The number of carboxylic acid groups (broad SMARTS) is 1. The smallest absolute Gasteiger partial charge is 0.354 e. The van der Waals surface area contributed by atoms with Crippen molar-refractivity contribution < 1.29 is 28.7 Å². The van der Waals surface area contributed by atoms with E-state index in [0.29, 0.717) is 46.1 Å². The Hall–Kier alpha value is -5.25. The van der Waals surface area contributed by atoms with Gasteiger partial charge in [0.15, 0.2) is 11.2 Å². The number of aryl methyl sites for hydroxylation is 1. The van der Waals surface area contributed by atoms with Crippen molar-refractivity contribution in [3.8, 4) is 17.2 Å². The minimum atomic E-state index is -1.93. The van der Waals surface area contributed by atoms with Gasteiger partial charge in [0.2, 0.25) is 5.91 Å². The number of nitrogens with two attached hydrogens (primary N) is 1. The van der Waals surface area contributed by atoms with Crippen molar-refractivity contribution in [1.29, 1.82) is 0 Å². The first-order valence-electron chi connectivity index (χ1n) is 14.8. The normalized spacial score (nSPS) is 14.6. The molecular formula is C35H34N4O6. The highest BCUT2D eigenvalue weighted by atomic mass is 16.5. The molecular weight excluding hydrogens is 572 g/mol. The topological polar surface area (TPSA) is 151 Å². The van der Waals surface area contributed by atoms with Crippen LogP contribution in [0.25, 0.3) is 10.8 Å². The van der Waals surface area contributed by atoms with Gasteiger partial charge in [0.05, 0.1) is 12.3 Å². The van der Waals surface area contributed by atoms with E-state index in [2.05, 4.69) is 35.9 Å². The van der Waals surface area contributed by atoms with Gasteiger partial charge in [-0.25, -0.2) is 9.78 Å². The highest BCUT2D eigenvalue weighted by molar-refractivity contribution is 6.01. The fraction of sp³-hybridized carbons (Fsp3) is 0.286. The molecule has 0 aliphatic heterocycles. The van der Waals surface area contributed by atoms with Crippen LogP contribution in [0.5, 0.6) is 17.2 Å². The molecule has 1 atom stereocenters. The number of pyridine rings is 1. The van der Waals surface area contributed by atoms with E-state index in [-0.39, 0.29) is 28.5 Å². The molecule has 0 spiro atoms. The summed E-state index contributed by atoms with van der Waals surface area (Å²) in [6, 6.07) is 21.2. The molecule has 3 N–H and O–H groups in total. The second kappa shape index (κ2) is 11.4. The number of carbonyl (C=O) groups excluding carboxylic acids is 1. The number of aromatic carboxylic acids is 1. The van der Waals surface area contributed by atoms with Crippen LogP contribution in [0.4, 0.5) is 0 Å². The van der Waals surface area contributed by atoms with Gasteiger partial charge in [-0.15, -0.1) is 0 Å². The molecule has 0 saturated heterocycles. The number of fused-ring (bicyclic) bond motifs is 1. The lowest BCUT2D eigenvalue weighted by atomic mass is 9.74. The molecule has 1 unspecified atom stereocenters. The van der Waals surface area contributed by atoms with Crippen LogP contribution in [-0.2, 0) is 15.6 Å². The van der Waals surface area contributed by atoms with Gasteiger partial charge in [0, 0.05) is 5.39 Å². The van der Waals surface area contributed by atoms with Crippen molar-refractivity contribution in [3.63, 3.8) is 0 Å². The summed E-state index contributed by atoms with van der Waals surface area (Å²) < 4.78 is 17.6. The number of hydrogen-bond donors (Lipinski definition) is 2. The number of carbonyl (C=O) groups is 2. The van der Waals surface area contributed by atoms with Crippen molar-refractivity contribution in [1.82, 2.24) is 15.1 Å². The third-order valence-corrected chi connectivity index (χ3v) is 8.02. The summed E-state index contributed by atoms with van der Waals surface area (Å²) in [5.41, 5.74) is 5.55. The van der Waals surface area contributed by atoms with E-state index in [4.69, 9.17) is 19.7 Å². The number of benzene rings is 3. The average molecular weight is 607 g/mol. The standard InChI is InChI=1S/C35H34N4O6/c1-20-37-33(45-39-20)35(32(36)42,24-9-11-25(12-10-24)43-19-21-5-6-21)30-28-16-15-27(17-22(28)18-29(38-30)31(40)41)44-26-13-7-23(8-14-26)34(2,3)4/h7-18,21H,5-6,19H2,1-4H3,(H2,36,42)(H,40,41). The molecule has 1 aliphatic carbocycles. The van der Waals surface area contributed by atoms with E-state index in [1.807, 2.05) is 24.3 Å². The molecule has 10 nitrogen and oxygen atoms in total. The minimum absolute atomic E-state index is 0.00804. The fourth-order valence-electron chi connectivity index (χ4n) is 5.33. The van der Waals surface area contributed by atoms with Gasteiger partial charge in [-0.05, 0) is 96.1 Å². The van der Waals surface area contributed by atoms with Gasteiger partial charge in [-0.1, -0.05) is 50.2 Å². The minimum Gasteiger partial charge on any atom is -0.493 e. The summed E-state index contributed by atoms with van der Waals surface area (Å²) >= 11 is 0. The van der Waals surface area contributed by atoms with Gasteiger partial charge >= 0.3 is 5.97 Å². The van der Waals surface area contributed by atoms with Crippen LogP contribution in [0.2, 0.25) is 0 Å². The molecule has 0 radical (unpaired) electrons. The highest BCUT2D eigenvalue weighted by Crippen LogP contribution is 2.42. The molecule has 1 saturated carbocycles. The van der Waals surface area contributed by atoms with Crippen LogP contribution in [0.3, 0.4) is 0 Å². The second-order valence-corrected chi connectivity index (χ2v) is 12.5. The zero-order valence-electron chi connectivity index (χ0n) is 25.5. The summed E-state index contributed by atoms with van der Waals surface area (Å²) in [4.78, 5) is 35.0. The van der Waals surface area contributed by atoms with Crippen molar-refractivity contribution in [2.24, 2.45) is 11.7 Å². The Morgan fingerprint density at radius 2 is 1.56 bits per heavy atom. The van der Waals surface area contributed by atoms with E-state index < -0.39 is 17.3 Å². The van der Waals surface area contributed by atoms with Crippen LogP contribution in [0.1, 0.15) is 72.6 Å². The largest absolute Gasteiger partial charge is 0.493 e. The molecule has 6 rings (SSSR count). The van der Waals surface area contributed by atoms with Crippen LogP contribution < -0.4 is 15.2 Å². The molecule has 1 fully saturated rings. The first kappa shape index (κ1) is 29.8. The Kier molecular flexibility index (Phi) is 7.52. The molecule has 1 aliphatic rings. The molecule has 3 aromatic carbocycles. The first-order chi connectivity index (χ1) is 21.4. The van der Waals surface area contributed by atoms with Crippen molar-refractivity contribution in [2.75, 3.05) is 6.61 Å². The third kappa shape index (κ3) is 5.83. The maximum Gasteiger partial charge on any atom is 0.354 e. The van der Waals surface area contributed by atoms with Crippen molar-refractivity contribution >= 4 is 22.6 Å². The van der Waals surface area contributed by atoms with E-state index in [0.717, 1.165) is 18.4 Å². The molecule has 2 aromatic heterocycles. The second-order valence-electron chi connectivity index (χ2n) is 12.5. The van der Waals surface area contributed by atoms with Gasteiger partial charge < -0.3 is 24.8 Å². The number of carboxylic acids is 1. The lowest BCUT2D eigenvalue weighted by molar-refractivity contribution is -0.121. The Morgan fingerprint density at radius 1 is 0.911 bits per heavy atom. The van der Waals surface area contributed by atoms with Crippen LogP contribution >= 0.6 is 0 Å². The predicted octanol–water partition coefficient (Wildman–Crippen LogP) is 6.32. The summed E-state index contributed by atoms with van der Waals surface area (Å²) in [5, 5.41) is 14.9. The molecule has 45 heavy (non-hydrogen) atoms. The van der Waals surface area contributed by atoms with Crippen molar-refractivity contribution in [3.05, 3.63) is 107 Å². The van der Waals surface area contributed by atoms with Gasteiger partial charge in [0.1, 0.15) is 22.9 Å². The SMILES string of the molecule is Cc1noc(C(C(N)=O)(c2ccc(OCC3CC3)cc2)c2nc(C(=O)O)cc3cc(Oc4ccc(C(C)(C)C)cc4)ccc23)n1. The lowest BCUT2D eigenvalue weighted by Crippen LogP contribution is -2.45. The van der Waals surface area contributed by atoms with E-state index in [1.165, 1.54) is 6.07 Å². The average Bonchev–Trinajstić information content (AvgIpc) is 3.74. The zero-order valence-corrected chi connectivity index (χ0v) is 25.5. The van der Waals surface area contributed by atoms with E-state index in [9.17, 15) is 14.7 Å². The van der Waals surface area contributed by atoms with Gasteiger partial charge in [0.25, 0.3) is 5.89 Å². The summed E-state index contributed by atoms with van der Waals surface area (Å²) in [5.74, 6) is 0.255. The van der Waals surface area contributed by atoms with Gasteiger partial charge in [-0.2, -0.15) is 4.98 Å². The number of rotatable bonds is 10. The highest BCUT2D eigenvalue weighted by Gasteiger charge is 2.50. The van der Waals surface area contributed by atoms with E-state index >= 15 is 0 Å². The van der Waals surface area contributed by atoms with Crippen LogP contribution in [-0.4, -0.2) is 38.7 Å². The molecule has 0 bridgehead atoms. The number of primary amides is 1. The first-order valence-corrected chi connectivity index (χ1v) is 14.8. The Labute approximate surface area is 260 Å². The predicted molar refractivity (Wildman–Crippen MR) is 167 cm³/mol. The third-order valence-electron chi connectivity index (χ3n) is 8.02. The molecule has 5 aromatic rings.